The van der Waals surface area contributed by atoms with Crippen molar-refractivity contribution in [3.63, 3.8) is 0 Å². The number of rotatable bonds is 5. The molecule has 0 aromatic heterocycles. The number of nitrogens with zero attached hydrogens (tertiary/aromatic N) is 1. The number of likely N-dealkylation sites (tertiary alicyclic amines) is 1. The Morgan fingerprint density at radius 2 is 2.00 bits per heavy atom. The first-order chi connectivity index (χ1) is 9.16. The first kappa shape index (κ1) is 15.0. The molecule has 1 heterocycles. The second-order valence-electron chi connectivity index (χ2n) is 4.78. The molecule has 1 amide bonds. The molecule has 1 aliphatic heterocycles. The molecule has 19 heavy (non-hydrogen) atoms. The van der Waals surface area contributed by atoms with Crippen LogP contribution in [0.4, 0.5) is 0 Å². The summed E-state index contributed by atoms with van der Waals surface area (Å²) in [6.07, 6.45) is 3.64. The van der Waals surface area contributed by atoms with Crippen LogP contribution in [-0.4, -0.2) is 37.0 Å². The number of hydrogen-bond acceptors (Lipinski definition) is 2. The monoisotopic (exact) mass is 388 g/mol. The van der Waals surface area contributed by atoms with Crippen LogP contribution in [0.25, 0.3) is 0 Å². The molecule has 1 aliphatic rings. The van der Waals surface area contributed by atoms with Gasteiger partial charge in [0.25, 0.3) is 5.91 Å². The van der Waals surface area contributed by atoms with E-state index in [9.17, 15) is 4.79 Å². The Morgan fingerprint density at radius 3 is 2.74 bits per heavy atom. The molecule has 0 atom stereocenters. The van der Waals surface area contributed by atoms with Crippen LogP contribution in [0.1, 0.15) is 29.6 Å². The minimum Gasteiger partial charge on any atom is -0.352 e. The molecule has 1 fully saturated rings. The number of carbonyl (C=O) groups is 1. The maximum Gasteiger partial charge on any atom is 0.252 e. The van der Waals surface area contributed by atoms with Gasteiger partial charge in [-0.1, -0.05) is 15.9 Å². The number of carbonyl (C=O) groups excluding carboxylic acids is 1. The van der Waals surface area contributed by atoms with Crippen LogP contribution < -0.4 is 5.32 Å². The minimum absolute atomic E-state index is 0.0189. The van der Waals surface area contributed by atoms with E-state index in [-0.39, 0.29) is 5.91 Å². The fourth-order valence-electron chi connectivity index (χ4n) is 2.28. The van der Waals surface area contributed by atoms with Crippen molar-refractivity contribution in [3.8, 4) is 0 Å². The van der Waals surface area contributed by atoms with Crippen molar-refractivity contribution in [3.05, 3.63) is 32.7 Å². The van der Waals surface area contributed by atoms with Crippen molar-refractivity contribution in [1.29, 1.82) is 0 Å². The second kappa shape index (κ2) is 7.41. The van der Waals surface area contributed by atoms with E-state index in [1.165, 1.54) is 25.9 Å². The molecule has 0 aliphatic carbocycles. The molecule has 0 unspecified atom stereocenters. The van der Waals surface area contributed by atoms with E-state index in [4.69, 9.17) is 0 Å². The van der Waals surface area contributed by atoms with Crippen molar-refractivity contribution in [2.75, 3.05) is 26.2 Å². The zero-order chi connectivity index (χ0) is 13.7. The van der Waals surface area contributed by atoms with Gasteiger partial charge in [-0.05, 0) is 73.0 Å². The van der Waals surface area contributed by atoms with Crippen LogP contribution in [-0.2, 0) is 0 Å². The maximum atomic E-state index is 12.0. The molecule has 0 radical (unpaired) electrons. The SMILES string of the molecule is O=C(NCCCN1CCCC1)c1cc(Br)ccc1Br. The van der Waals surface area contributed by atoms with Crippen LogP contribution in [0.5, 0.6) is 0 Å². The van der Waals surface area contributed by atoms with E-state index in [1.54, 1.807) is 0 Å². The number of nitrogens with one attached hydrogen (secondary N) is 1. The van der Waals surface area contributed by atoms with Crippen LogP contribution in [0.2, 0.25) is 0 Å². The van der Waals surface area contributed by atoms with Crippen LogP contribution in [0, 0.1) is 0 Å². The molecule has 1 saturated heterocycles. The molecule has 5 heteroatoms. The van der Waals surface area contributed by atoms with Gasteiger partial charge in [0.15, 0.2) is 0 Å². The summed E-state index contributed by atoms with van der Waals surface area (Å²) in [6.45, 7) is 4.24. The molecular weight excluding hydrogens is 372 g/mol. The Bertz CT molecular complexity index is 445. The molecule has 1 N–H and O–H groups in total. The largest absolute Gasteiger partial charge is 0.352 e. The molecule has 0 saturated carbocycles. The van der Waals surface area contributed by atoms with E-state index in [0.717, 1.165) is 28.5 Å². The van der Waals surface area contributed by atoms with Gasteiger partial charge in [0.1, 0.15) is 0 Å². The summed E-state index contributed by atoms with van der Waals surface area (Å²) in [6, 6.07) is 5.62. The van der Waals surface area contributed by atoms with Crippen LogP contribution >= 0.6 is 31.9 Å². The fraction of sp³-hybridized carbons (Fsp3) is 0.500. The third-order valence-electron chi connectivity index (χ3n) is 3.31. The minimum atomic E-state index is -0.0189. The quantitative estimate of drug-likeness (QED) is 0.782. The lowest BCUT2D eigenvalue weighted by Gasteiger charge is -2.14. The lowest BCUT2D eigenvalue weighted by atomic mass is 10.2. The van der Waals surface area contributed by atoms with Gasteiger partial charge in [0.05, 0.1) is 5.56 Å². The lowest BCUT2D eigenvalue weighted by Crippen LogP contribution is -2.28. The second-order valence-corrected chi connectivity index (χ2v) is 6.55. The summed E-state index contributed by atoms with van der Waals surface area (Å²) in [7, 11) is 0. The van der Waals surface area contributed by atoms with Gasteiger partial charge < -0.3 is 10.2 Å². The Kier molecular flexibility index (Phi) is 5.85. The Hall–Kier alpha value is -0.390. The van der Waals surface area contributed by atoms with Gasteiger partial charge in [-0.2, -0.15) is 0 Å². The summed E-state index contributed by atoms with van der Waals surface area (Å²) < 4.78 is 1.74. The highest BCUT2D eigenvalue weighted by molar-refractivity contribution is 9.11. The molecule has 1 aromatic rings. The summed E-state index contributed by atoms with van der Waals surface area (Å²) in [5, 5.41) is 2.97. The molecule has 0 bridgehead atoms. The number of amides is 1. The molecule has 3 nitrogen and oxygen atoms in total. The number of hydrogen-bond donors (Lipinski definition) is 1. The average Bonchev–Trinajstić information content (AvgIpc) is 2.90. The molecular formula is C14H18Br2N2O. The van der Waals surface area contributed by atoms with Gasteiger partial charge in [0, 0.05) is 15.5 Å². The molecule has 104 valence electrons. The predicted molar refractivity (Wildman–Crippen MR) is 84.5 cm³/mol. The van der Waals surface area contributed by atoms with Crippen LogP contribution in [0.3, 0.4) is 0 Å². The van der Waals surface area contributed by atoms with Gasteiger partial charge in [0.2, 0.25) is 0 Å². The highest BCUT2D eigenvalue weighted by Gasteiger charge is 2.12. The van der Waals surface area contributed by atoms with Crippen LogP contribution in [0.15, 0.2) is 27.1 Å². The number of benzene rings is 1. The molecule has 2 rings (SSSR count). The zero-order valence-corrected chi connectivity index (χ0v) is 14.0. The van der Waals surface area contributed by atoms with Gasteiger partial charge in [-0.3, -0.25) is 4.79 Å². The van der Waals surface area contributed by atoms with E-state index in [2.05, 4.69) is 42.1 Å². The predicted octanol–water partition coefficient (Wildman–Crippen LogP) is 3.43. The molecule has 1 aromatic carbocycles. The Labute approximate surface area is 131 Å². The van der Waals surface area contributed by atoms with Crippen molar-refractivity contribution < 1.29 is 4.79 Å². The maximum absolute atomic E-state index is 12.0. The standard InChI is InChI=1S/C14H18Br2N2O/c15-11-4-5-13(16)12(10-11)14(19)17-6-3-9-18-7-1-2-8-18/h4-5,10H,1-3,6-9H2,(H,17,19). The summed E-state index contributed by atoms with van der Waals surface area (Å²) in [5.74, 6) is -0.0189. The van der Waals surface area contributed by atoms with E-state index >= 15 is 0 Å². The van der Waals surface area contributed by atoms with E-state index in [0.29, 0.717) is 5.56 Å². The van der Waals surface area contributed by atoms with Gasteiger partial charge in [-0.15, -0.1) is 0 Å². The average molecular weight is 390 g/mol. The molecule has 0 spiro atoms. The Balaban J connectivity index is 1.75. The smallest absolute Gasteiger partial charge is 0.252 e. The van der Waals surface area contributed by atoms with Gasteiger partial charge >= 0.3 is 0 Å². The van der Waals surface area contributed by atoms with Gasteiger partial charge in [-0.25, -0.2) is 0 Å². The zero-order valence-electron chi connectivity index (χ0n) is 10.8. The van der Waals surface area contributed by atoms with Crippen molar-refractivity contribution in [2.24, 2.45) is 0 Å². The van der Waals surface area contributed by atoms with Crippen molar-refractivity contribution in [1.82, 2.24) is 10.2 Å². The summed E-state index contributed by atoms with van der Waals surface area (Å²) in [5.41, 5.74) is 0.676. The topological polar surface area (TPSA) is 32.3 Å². The third-order valence-corrected chi connectivity index (χ3v) is 4.49. The Morgan fingerprint density at radius 1 is 1.26 bits per heavy atom. The number of halogens is 2. The van der Waals surface area contributed by atoms with Crippen molar-refractivity contribution in [2.45, 2.75) is 19.3 Å². The summed E-state index contributed by atoms with van der Waals surface area (Å²) >= 11 is 6.79. The highest BCUT2D eigenvalue weighted by Crippen LogP contribution is 2.21. The summed E-state index contributed by atoms with van der Waals surface area (Å²) in [4.78, 5) is 14.5. The van der Waals surface area contributed by atoms with Crippen molar-refractivity contribution >= 4 is 37.8 Å². The van der Waals surface area contributed by atoms with E-state index in [1.807, 2.05) is 18.2 Å². The highest BCUT2D eigenvalue weighted by atomic mass is 79.9. The normalized spacial score (nSPS) is 15.7. The van der Waals surface area contributed by atoms with E-state index < -0.39 is 0 Å². The first-order valence-electron chi connectivity index (χ1n) is 6.62. The fourth-order valence-corrected chi connectivity index (χ4v) is 3.07. The lowest BCUT2D eigenvalue weighted by molar-refractivity contribution is 0.0951. The third kappa shape index (κ3) is 4.58. The first-order valence-corrected chi connectivity index (χ1v) is 8.21.